The molecule has 2 N–H and O–H groups in total. The van der Waals surface area contributed by atoms with Gasteiger partial charge in [0.25, 0.3) is 5.91 Å². The quantitative estimate of drug-likeness (QED) is 0.520. The summed E-state index contributed by atoms with van der Waals surface area (Å²) in [6.45, 7) is 0. The Kier molecular flexibility index (Phi) is 4.25. The smallest absolute Gasteiger partial charge is 0.277 e. The van der Waals surface area contributed by atoms with E-state index >= 15 is 0 Å². The molecule has 0 unspecified atom stereocenters. The van der Waals surface area contributed by atoms with Crippen LogP contribution in [0, 0.1) is 5.82 Å². The number of carbonyl (C=O) groups excluding carboxylic acids is 1. The van der Waals surface area contributed by atoms with Crippen molar-refractivity contribution < 1.29 is 14.4 Å². The van der Waals surface area contributed by atoms with Crippen molar-refractivity contribution in [2.75, 3.05) is 0 Å². The maximum Gasteiger partial charge on any atom is 0.277 e. The number of benzene rings is 1. The molecule has 0 heterocycles. The van der Waals surface area contributed by atoms with E-state index in [2.05, 4.69) is 0 Å². The van der Waals surface area contributed by atoms with Crippen molar-refractivity contribution >= 4 is 18.3 Å². The van der Waals surface area contributed by atoms with Crippen molar-refractivity contribution in [2.24, 2.45) is 0 Å². The molecule has 66 valence electrons. The van der Waals surface area contributed by atoms with Gasteiger partial charge in [0.15, 0.2) is 0 Å². The van der Waals surface area contributed by atoms with E-state index in [0.29, 0.717) is 0 Å². The van der Waals surface area contributed by atoms with Crippen molar-refractivity contribution in [3.8, 4) is 0 Å². The highest BCUT2D eigenvalue weighted by atomic mass is 35.5. The first-order chi connectivity index (χ1) is 5.25. The van der Waals surface area contributed by atoms with E-state index in [0.717, 1.165) is 6.07 Å². The number of nitrogens with one attached hydrogen (secondary N) is 1. The predicted octanol–water partition coefficient (Wildman–Crippen LogP) is 1.37. The molecular weight excluding hydrogens is 185 g/mol. The van der Waals surface area contributed by atoms with E-state index in [4.69, 9.17) is 5.21 Å². The number of halogens is 2. The van der Waals surface area contributed by atoms with E-state index in [1.54, 1.807) is 0 Å². The Hall–Kier alpha value is -1.13. The molecule has 0 aromatic heterocycles. The predicted molar refractivity (Wildman–Crippen MR) is 42.9 cm³/mol. The summed E-state index contributed by atoms with van der Waals surface area (Å²) in [7, 11) is 0. The van der Waals surface area contributed by atoms with Crippen molar-refractivity contribution in [1.82, 2.24) is 5.48 Å². The largest absolute Gasteiger partial charge is 0.288 e. The van der Waals surface area contributed by atoms with Crippen LogP contribution in [0.4, 0.5) is 4.39 Å². The molecule has 0 spiro atoms. The first kappa shape index (κ1) is 10.9. The van der Waals surface area contributed by atoms with Crippen LogP contribution in [0.25, 0.3) is 0 Å². The number of carbonyl (C=O) groups is 1. The summed E-state index contributed by atoms with van der Waals surface area (Å²) >= 11 is 0. The van der Waals surface area contributed by atoms with Gasteiger partial charge in [-0.1, -0.05) is 12.1 Å². The molecule has 3 nitrogen and oxygen atoms in total. The van der Waals surface area contributed by atoms with Gasteiger partial charge in [0.2, 0.25) is 0 Å². The molecule has 0 aliphatic carbocycles. The van der Waals surface area contributed by atoms with Crippen LogP contribution in [0.1, 0.15) is 10.4 Å². The number of hydrogen-bond donors (Lipinski definition) is 2. The first-order valence-electron chi connectivity index (χ1n) is 2.94. The van der Waals surface area contributed by atoms with Crippen LogP contribution in [-0.2, 0) is 0 Å². The first-order valence-corrected chi connectivity index (χ1v) is 2.94. The zero-order valence-electron chi connectivity index (χ0n) is 5.95. The average molecular weight is 192 g/mol. The molecule has 0 aliphatic rings. The summed E-state index contributed by atoms with van der Waals surface area (Å²) in [6.07, 6.45) is 0. The number of amides is 1. The van der Waals surface area contributed by atoms with E-state index in [-0.39, 0.29) is 18.0 Å². The van der Waals surface area contributed by atoms with Crippen molar-refractivity contribution in [3.63, 3.8) is 0 Å². The summed E-state index contributed by atoms with van der Waals surface area (Å²) in [5.74, 6) is -1.50. The number of rotatable bonds is 1. The standard InChI is InChI=1S/C7H6FNO2.ClH/c8-6-4-2-1-3-5(6)7(10)9-11;/h1-4,11H,(H,9,10);1H. The van der Waals surface area contributed by atoms with E-state index in [9.17, 15) is 9.18 Å². The molecule has 0 saturated carbocycles. The lowest BCUT2D eigenvalue weighted by molar-refractivity contribution is 0.0702. The summed E-state index contributed by atoms with van der Waals surface area (Å²) in [5, 5.41) is 8.15. The van der Waals surface area contributed by atoms with Crippen LogP contribution in [0.5, 0.6) is 0 Å². The molecule has 12 heavy (non-hydrogen) atoms. The van der Waals surface area contributed by atoms with Crippen LogP contribution in [0.15, 0.2) is 24.3 Å². The van der Waals surface area contributed by atoms with E-state index in [1.165, 1.54) is 23.7 Å². The Labute approximate surface area is 74.6 Å². The lowest BCUT2D eigenvalue weighted by Gasteiger charge is -1.97. The third-order valence-electron chi connectivity index (χ3n) is 1.22. The fourth-order valence-electron chi connectivity index (χ4n) is 0.706. The van der Waals surface area contributed by atoms with Crippen LogP contribution in [-0.4, -0.2) is 11.1 Å². The zero-order valence-corrected chi connectivity index (χ0v) is 6.77. The van der Waals surface area contributed by atoms with Crippen LogP contribution in [0.2, 0.25) is 0 Å². The van der Waals surface area contributed by atoms with Crippen molar-refractivity contribution in [2.45, 2.75) is 0 Å². The van der Waals surface area contributed by atoms with Gasteiger partial charge < -0.3 is 0 Å². The molecule has 1 aromatic rings. The average Bonchev–Trinajstić information content (AvgIpc) is 2.04. The van der Waals surface area contributed by atoms with Crippen LogP contribution >= 0.6 is 12.4 Å². The highest BCUT2D eigenvalue weighted by Gasteiger charge is 2.07. The highest BCUT2D eigenvalue weighted by Crippen LogP contribution is 2.04. The normalized spacial score (nSPS) is 8.50. The van der Waals surface area contributed by atoms with Gasteiger partial charge in [0.1, 0.15) is 5.82 Å². The van der Waals surface area contributed by atoms with Gasteiger partial charge in [-0.05, 0) is 12.1 Å². The Balaban J connectivity index is 0.00000121. The molecule has 1 rings (SSSR count). The van der Waals surface area contributed by atoms with E-state index < -0.39 is 11.7 Å². The molecular formula is C7H7ClFNO2. The second kappa shape index (κ2) is 4.69. The van der Waals surface area contributed by atoms with Gasteiger partial charge in [-0.15, -0.1) is 12.4 Å². The Morgan fingerprint density at radius 1 is 1.42 bits per heavy atom. The van der Waals surface area contributed by atoms with Gasteiger partial charge >= 0.3 is 0 Å². The van der Waals surface area contributed by atoms with Crippen molar-refractivity contribution in [1.29, 1.82) is 0 Å². The second-order valence-corrected chi connectivity index (χ2v) is 1.92. The molecule has 0 atom stereocenters. The van der Waals surface area contributed by atoms with Gasteiger partial charge in [-0.3, -0.25) is 10.0 Å². The van der Waals surface area contributed by atoms with Gasteiger partial charge in [0, 0.05) is 0 Å². The minimum absolute atomic E-state index is 0. The summed E-state index contributed by atoms with van der Waals surface area (Å²) in [4.78, 5) is 10.6. The molecule has 5 heteroatoms. The molecule has 0 fully saturated rings. The maximum absolute atomic E-state index is 12.7. The van der Waals surface area contributed by atoms with Crippen LogP contribution < -0.4 is 5.48 Å². The third-order valence-corrected chi connectivity index (χ3v) is 1.22. The lowest BCUT2D eigenvalue weighted by atomic mass is 10.2. The second-order valence-electron chi connectivity index (χ2n) is 1.92. The number of hydroxylamine groups is 1. The SMILES string of the molecule is Cl.O=C(NO)c1ccccc1F. The summed E-state index contributed by atoms with van der Waals surface area (Å²) in [6, 6.07) is 5.39. The third kappa shape index (κ3) is 2.18. The number of hydrogen-bond acceptors (Lipinski definition) is 2. The Morgan fingerprint density at radius 3 is 2.50 bits per heavy atom. The van der Waals surface area contributed by atoms with E-state index in [1.807, 2.05) is 0 Å². The molecule has 0 saturated heterocycles. The maximum atomic E-state index is 12.7. The lowest BCUT2D eigenvalue weighted by Crippen LogP contribution is -2.19. The van der Waals surface area contributed by atoms with Gasteiger partial charge in [-0.25, -0.2) is 9.87 Å². The zero-order chi connectivity index (χ0) is 8.27. The van der Waals surface area contributed by atoms with Gasteiger partial charge in [0.05, 0.1) is 5.56 Å². The monoisotopic (exact) mass is 191 g/mol. The fraction of sp³-hybridized carbons (Fsp3) is 0. The highest BCUT2D eigenvalue weighted by molar-refractivity contribution is 5.93. The minimum atomic E-state index is -0.844. The molecule has 0 radical (unpaired) electrons. The fourth-order valence-corrected chi connectivity index (χ4v) is 0.706. The molecule has 1 amide bonds. The summed E-state index contributed by atoms with van der Waals surface area (Å²) in [5.41, 5.74) is 1.17. The Morgan fingerprint density at radius 2 is 2.00 bits per heavy atom. The van der Waals surface area contributed by atoms with Gasteiger partial charge in [-0.2, -0.15) is 0 Å². The molecule has 0 bridgehead atoms. The molecule has 1 aromatic carbocycles. The topological polar surface area (TPSA) is 49.3 Å². The minimum Gasteiger partial charge on any atom is -0.288 e. The van der Waals surface area contributed by atoms with Crippen LogP contribution in [0.3, 0.4) is 0 Å². The Bertz CT molecular complexity index is 280. The van der Waals surface area contributed by atoms with Crippen molar-refractivity contribution in [3.05, 3.63) is 35.6 Å². The molecule has 0 aliphatic heterocycles. The summed E-state index contributed by atoms with van der Waals surface area (Å²) < 4.78 is 12.7.